The molecule has 0 heterocycles. The van der Waals surface area contributed by atoms with Crippen LogP contribution in [0.5, 0.6) is 0 Å². The summed E-state index contributed by atoms with van der Waals surface area (Å²) in [5.41, 5.74) is 1.76. The molecule has 2 aromatic rings. The van der Waals surface area contributed by atoms with Crippen LogP contribution in [0.25, 0.3) is 0 Å². The minimum absolute atomic E-state index is 0.0350. The van der Waals surface area contributed by atoms with Crippen molar-refractivity contribution in [2.24, 2.45) is 0 Å². The van der Waals surface area contributed by atoms with Crippen LogP contribution in [0.1, 0.15) is 11.1 Å². The number of para-hydroxylation sites is 1. The summed E-state index contributed by atoms with van der Waals surface area (Å²) in [4.78, 5) is 23.5. The highest BCUT2D eigenvalue weighted by atomic mass is 19.1. The van der Waals surface area contributed by atoms with E-state index in [0.717, 1.165) is 5.56 Å². The second-order valence-corrected chi connectivity index (χ2v) is 4.54. The number of nitrogens with one attached hydrogen (secondary N) is 2. The van der Waals surface area contributed by atoms with Crippen LogP contribution >= 0.6 is 0 Å². The van der Waals surface area contributed by atoms with Gasteiger partial charge in [0.2, 0.25) is 0 Å². The van der Waals surface area contributed by atoms with Gasteiger partial charge in [-0.3, -0.25) is 9.59 Å². The van der Waals surface area contributed by atoms with Crippen molar-refractivity contribution in [2.45, 2.75) is 13.5 Å². The van der Waals surface area contributed by atoms with Crippen molar-refractivity contribution in [1.82, 2.24) is 5.32 Å². The zero-order valence-electron chi connectivity index (χ0n) is 11.5. The number of rotatable bonds is 3. The van der Waals surface area contributed by atoms with Crippen LogP contribution in [-0.4, -0.2) is 11.8 Å². The second-order valence-electron chi connectivity index (χ2n) is 4.54. The standard InChI is InChI=1S/C16H15FN2O2/c1-11-6-2-5-9-14(11)19-16(21)15(20)18-10-12-7-3-4-8-13(12)17/h2-9H,10H2,1H3,(H,18,20)(H,19,21). The number of amides is 2. The highest BCUT2D eigenvalue weighted by molar-refractivity contribution is 6.39. The van der Waals surface area contributed by atoms with Crippen molar-refractivity contribution in [3.05, 3.63) is 65.5 Å². The lowest BCUT2D eigenvalue weighted by atomic mass is 10.2. The number of hydrogen-bond donors (Lipinski definition) is 2. The van der Waals surface area contributed by atoms with Crippen molar-refractivity contribution in [3.8, 4) is 0 Å². The van der Waals surface area contributed by atoms with Gasteiger partial charge in [0.1, 0.15) is 5.82 Å². The van der Waals surface area contributed by atoms with Gasteiger partial charge in [0.05, 0.1) is 0 Å². The number of halogens is 1. The topological polar surface area (TPSA) is 58.2 Å². The molecule has 0 fully saturated rings. The van der Waals surface area contributed by atoms with E-state index in [-0.39, 0.29) is 6.54 Å². The molecule has 0 saturated heterocycles. The molecule has 0 bridgehead atoms. The first-order valence-corrected chi connectivity index (χ1v) is 6.46. The van der Waals surface area contributed by atoms with Crippen molar-refractivity contribution in [1.29, 1.82) is 0 Å². The van der Waals surface area contributed by atoms with Crippen LogP contribution in [0.2, 0.25) is 0 Å². The fourth-order valence-corrected chi connectivity index (χ4v) is 1.79. The monoisotopic (exact) mass is 286 g/mol. The molecule has 0 aromatic heterocycles. The summed E-state index contributed by atoms with van der Waals surface area (Å²) in [6.07, 6.45) is 0. The Morgan fingerprint density at radius 3 is 2.38 bits per heavy atom. The molecule has 2 N–H and O–H groups in total. The van der Waals surface area contributed by atoms with Gasteiger partial charge in [-0.2, -0.15) is 0 Å². The van der Waals surface area contributed by atoms with Gasteiger partial charge in [-0.05, 0) is 24.6 Å². The van der Waals surface area contributed by atoms with Crippen LogP contribution in [0.15, 0.2) is 48.5 Å². The van der Waals surface area contributed by atoms with Crippen molar-refractivity contribution in [3.63, 3.8) is 0 Å². The zero-order chi connectivity index (χ0) is 15.2. The Morgan fingerprint density at radius 1 is 1.00 bits per heavy atom. The van der Waals surface area contributed by atoms with E-state index >= 15 is 0 Å². The lowest BCUT2D eigenvalue weighted by Gasteiger charge is -2.09. The van der Waals surface area contributed by atoms with E-state index in [2.05, 4.69) is 10.6 Å². The molecule has 0 spiro atoms. The molecule has 2 amide bonds. The molecule has 0 radical (unpaired) electrons. The average Bonchev–Trinajstić information content (AvgIpc) is 2.48. The Hall–Kier alpha value is -2.69. The molecule has 2 rings (SSSR count). The van der Waals surface area contributed by atoms with E-state index < -0.39 is 17.6 Å². The molecule has 108 valence electrons. The summed E-state index contributed by atoms with van der Waals surface area (Å²) < 4.78 is 13.4. The molecule has 5 heteroatoms. The molecule has 0 atom stereocenters. The smallest absolute Gasteiger partial charge is 0.313 e. The minimum atomic E-state index is -0.804. The van der Waals surface area contributed by atoms with Crippen LogP contribution in [0, 0.1) is 12.7 Å². The molecular formula is C16H15FN2O2. The van der Waals surface area contributed by atoms with Crippen molar-refractivity contribution < 1.29 is 14.0 Å². The number of carbonyl (C=O) groups is 2. The fourth-order valence-electron chi connectivity index (χ4n) is 1.79. The van der Waals surface area contributed by atoms with Gasteiger partial charge in [0, 0.05) is 17.8 Å². The second kappa shape index (κ2) is 6.65. The molecule has 0 aliphatic carbocycles. The Morgan fingerprint density at radius 2 is 1.67 bits per heavy atom. The summed E-state index contributed by atoms with van der Waals surface area (Å²) >= 11 is 0. The van der Waals surface area contributed by atoms with E-state index in [0.29, 0.717) is 11.3 Å². The third-order valence-electron chi connectivity index (χ3n) is 3.00. The summed E-state index contributed by atoms with van der Waals surface area (Å²) in [6, 6.07) is 13.2. The predicted molar refractivity (Wildman–Crippen MR) is 78.1 cm³/mol. The number of anilines is 1. The maximum absolute atomic E-state index is 13.4. The number of benzene rings is 2. The lowest BCUT2D eigenvalue weighted by molar-refractivity contribution is -0.136. The Bertz CT molecular complexity index is 671. The summed E-state index contributed by atoms with van der Waals surface area (Å²) in [6.45, 7) is 1.79. The minimum Gasteiger partial charge on any atom is -0.344 e. The lowest BCUT2D eigenvalue weighted by Crippen LogP contribution is -2.35. The summed E-state index contributed by atoms with van der Waals surface area (Å²) in [5.74, 6) is -2.00. The summed E-state index contributed by atoms with van der Waals surface area (Å²) in [7, 11) is 0. The Labute approximate surface area is 122 Å². The SMILES string of the molecule is Cc1ccccc1NC(=O)C(=O)NCc1ccccc1F. The number of aryl methyl sites for hydroxylation is 1. The van der Waals surface area contributed by atoms with Gasteiger partial charge in [-0.15, -0.1) is 0 Å². The Balaban J connectivity index is 1.93. The van der Waals surface area contributed by atoms with Crippen LogP contribution < -0.4 is 10.6 Å². The maximum Gasteiger partial charge on any atom is 0.313 e. The van der Waals surface area contributed by atoms with Crippen molar-refractivity contribution >= 4 is 17.5 Å². The van der Waals surface area contributed by atoms with E-state index in [4.69, 9.17) is 0 Å². The van der Waals surface area contributed by atoms with Gasteiger partial charge in [0.15, 0.2) is 0 Å². The van der Waals surface area contributed by atoms with E-state index in [1.54, 1.807) is 30.3 Å². The highest BCUT2D eigenvalue weighted by Crippen LogP contribution is 2.12. The first kappa shape index (κ1) is 14.7. The van der Waals surface area contributed by atoms with Gasteiger partial charge in [-0.25, -0.2) is 4.39 Å². The highest BCUT2D eigenvalue weighted by Gasteiger charge is 2.14. The van der Waals surface area contributed by atoms with Gasteiger partial charge < -0.3 is 10.6 Å². The third-order valence-corrected chi connectivity index (χ3v) is 3.00. The first-order valence-electron chi connectivity index (χ1n) is 6.46. The van der Waals surface area contributed by atoms with Crippen LogP contribution in [0.3, 0.4) is 0 Å². The molecule has 21 heavy (non-hydrogen) atoms. The van der Waals surface area contributed by atoms with E-state index in [1.807, 2.05) is 19.1 Å². The zero-order valence-corrected chi connectivity index (χ0v) is 11.5. The van der Waals surface area contributed by atoms with Crippen molar-refractivity contribution in [2.75, 3.05) is 5.32 Å². The average molecular weight is 286 g/mol. The van der Waals surface area contributed by atoms with Crippen LogP contribution in [0.4, 0.5) is 10.1 Å². The fraction of sp³-hybridized carbons (Fsp3) is 0.125. The molecule has 4 nitrogen and oxygen atoms in total. The van der Waals surface area contributed by atoms with E-state index in [1.165, 1.54) is 6.07 Å². The predicted octanol–water partition coefficient (Wildman–Crippen LogP) is 2.39. The molecule has 2 aromatic carbocycles. The quantitative estimate of drug-likeness (QED) is 0.851. The third kappa shape index (κ3) is 3.89. The largest absolute Gasteiger partial charge is 0.344 e. The first-order chi connectivity index (χ1) is 10.1. The normalized spacial score (nSPS) is 10.0. The van der Waals surface area contributed by atoms with Gasteiger partial charge in [-0.1, -0.05) is 36.4 Å². The van der Waals surface area contributed by atoms with E-state index in [9.17, 15) is 14.0 Å². The molecule has 0 saturated carbocycles. The summed E-state index contributed by atoms with van der Waals surface area (Å²) in [5, 5.41) is 4.90. The van der Waals surface area contributed by atoms with Crippen LogP contribution in [-0.2, 0) is 16.1 Å². The Kier molecular flexibility index (Phi) is 4.66. The molecule has 0 aliphatic heterocycles. The maximum atomic E-state index is 13.4. The number of carbonyl (C=O) groups excluding carboxylic acids is 2. The molecular weight excluding hydrogens is 271 g/mol. The molecule has 0 aliphatic rings. The van der Waals surface area contributed by atoms with Gasteiger partial charge >= 0.3 is 11.8 Å². The van der Waals surface area contributed by atoms with Gasteiger partial charge in [0.25, 0.3) is 0 Å². The molecule has 0 unspecified atom stereocenters. The number of hydrogen-bond acceptors (Lipinski definition) is 2.